The summed E-state index contributed by atoms with van der Waals surface area (Å²) in [4.78, 5) is 24.9. The van der Waals surface area contributed by atoms with Crippen LogP contribution in [0.2, 0.25) is 0 Å². The fourth-order valence-electron chi connectivity index (χ4n) is 3.71. The summed E-state index contributed by atoms with van der Waals surface area (Å²) in [5.41, 5.74) is 2.81. The van der Waals surface area contributed by atoms with E-state index < -0.39 is 17.6 Å². The fraction of sp³-hybridized carbons (Fsp3) is 0.167. The largest absolute Gasteiger partial charge is 0.467 e. The molecule has 36 heavy (non-hydrogen) atoms. The van der Waals surface area contributed by atoms with Gasteiger partial charge in [0, 0.05) is 35.3 Å². The molecule has 0 aliphatic carbocycles. The van der Waals surface area contributed by atoms with E-state index in [1.54, 1.807) is 18.6 Å². The molecular formula is C24H18F3N7O2. The van der Waals surface area contributed by atoms with Gasteiger partial charge in [-0.25, -0.2) is 19.4 Å². The number of fused-ring (bicyclic) bond motifs is 1. The third-order valence-electron chi connectivity index (χ3n) is 5.52. The molecule has 0 amide bonds. The Hall–Kier alpha value is -4.61. The number of ether oxygens (including phenoxy) is 1. The molecule has 0 saturated heterocycles. The van der Waals surface area contributed by atoms with E-state index in [1.807, 2.05) is 31.2 Å². The summed E-state index contributed by atoms with van der Waals surface area (Å²) in [6.45, 7) is 1.88. The lowest BCUT2D eigenvalue weighted by Gasteiger charge is -2.10. The molecule has 0 radical (unpaired) electrons. The summed E-state index contributed by atoms with van der Waals surface area (Å²) in [6.07, 6.45) is 1.20. The first-order chi connectivity index (χ1) is 17.2. The van der Waals surface area contributed by atoms with Gasteiger partial charge in [0.05, 0.1) is 19.9 Å². The Morgan fingerprint density at radius 3 is 2.25 bits per heavy atom. The Kier molecular flexibility index (Phi) is 5.71. The molecule has 0 saturated carbocycles. The van der Waals surface area contributed by atoms with Gasteiger partial charge in [-0.1, -0.05) is 35.9 Å². The van der Waals surface area contributed by atoms with Crippen LogP contribution in [0.3, 0.4) is 0 Å². The maximum atomic E-state index is 13.1. The van der Waals surface area contributed by atoms with Gasteiger partial charge in [-0.3, -0.25) is 4.98 Å². The molecule has 182 valence electrons. The first-order valence-electron chi connectivity index (χ1n) is 10.7. The second-order valence-corrected chi connectivity index (χ2v) is 7.98. The van der Waals surface area contributed by atoms with Crippen LogP contribution in [0.5, 0.6) is 6.01 Å². The number of alkyl halides is 3. The molecule has 0 N–H and O–H groups in total. The molecule has 4 aromatic heterocycles. The van der Waals surface area contributed by atoms with Gasteiger partial charge in [0.25, 0.3) is 0 Å². The molecule has 0 unspecified atom stereocenters. The van der Waals surface area contributed by atoms with E-state index in [2.05, 4.69) is 25.1 Å². The number of rotatable bonds is 5. The summed E-state index contributed by atoms with van der Waals surface area (Å²) in [5, 5.41) is 8.77. The maximum Gasteiger partial charge on any atom is 0.433 e. The number of hydrogen-bond acceptors (Lipinski definition) is 7. The molecule has 12 heteroatoms. The number of methoxy groups -OCH3 is 1. The van der Waals surface area contributed by atoms with Crippen LogP contribution in [0.25, 0.3) is 27.9 Å². The zero-order valence-corrected chi connectivity index (χ0v) is 19.1. The molecular weight excluding hydrogens is 475 g/mol. The molecule has 0 spiro atoms. The lowest BCUT2D eigenvalue weighted by molar-refractivity contribution is -0.141. The average molecular weight is 493 g/mol. The number of aryl methyl sites for hydroxylation is 1. The first-order valence-corrected chi connectivity index (χ1v) is 10.7. The Morgan fingerprint density at radius 1 is 0.917 bits per heavy atom. The van der Waals surface area contributed by atoms with Gasteiger partial charge in [0.15, 0.2) is 5.65 Å². The number of halogens is 3. The molecule has 4 heterocycles. The molecule has 1 aromatic carbocycles. The van der Waals surface area contributed by atoms with E-state index in [1.165, 1.54) is 13.2 Å². The highest BCUT2D eigenvalue weighted by Crippen LogP contribution is 2.34. The molecule has 5 aromatic rings. The zero-order chi connectivity index (χ0) is 25.4. The van der Waals surface area contributed by atoms with Gasteiger partial charge in [0.1, 0.15) is 5.69 Å². The normalized spacial score (nSPS) is 11.7. The van der Waals surface area contributed by atoms with Crippen LogP contribution in [0, 0.1) is 6.92 Å². The average Bonchev–Trinajstić information content (AvgIpc) is 3.19. The summed E-state index contributed by atoms with van der Waals surface area (Å²) in [7, 11) is 1.45. The van der Waals surface area contributed by atoms with Gasteiger partial charge < -0.3 is 4.74 Å². The molecule has 0 atom stereocenters. The second-order valence-electron chi connectivity index (χ2n) is 7.98. The van der Waals surface area contributed by atoms with Crippen molar-refractivity contribution >= 4 is 5.65 Å². The van der Waals surface area contributed by atoms with Crippen molar-refractivity contribution in [3.8, 4) is 28.3 Å². The highest BCUT2D eigenvalue weighted by atomic mass is 19.4. The lowest BCUT2D eigenvalue weighted by Crippen LogP contribution is -2.23. The predicted molar refractivity (Wildman–Crippen MR) is 123 cm³/mol. The summed E-state index contributed by atoms with van der Waals surface area (Å²) >= 11 is 0. The minimum absolute atomic E-state index is 0.0915. The highest BCUT2D eigenvalue weighted by molar-refractivity contribution is 5.90. The van der Waals surface area contributed by atoms with E-state index in [0.717, 1.165) is 32.6 Å². The van der Waals surface area contributed by atoms with Crippen LogP contribution >= 0.6 is 0 Å². The first kappa shape index (κ1) is 23.1. The van der Waals surface area contributed by atoms with Crippen molar-refractivity contribution < 1.29 is 17.9 Å². The van der Waals surface area contributed by atoms with E-state index in [-0.39, 0.29) is 18.2 Å². The third-order valence-corrected chi connectivity index (χ3v) is 5.52. The number of aromatic nitrogens is 7. The van der Waals surface area contributed by atoms with Crippen molar-refractivity contribution in [1.82, 2.24) is 34.3 Å². The van der Waals surface area contributed by atoms with E-state index >= 15 is 0 Å². The van der Waals surface area contributed by atoms with Crippen LogP contribution < -0.4 is 10.4 Å². The molecule has 0 bridgehead atoms. The minimum atomic E-state index is -4.55. The molecule has 0 fully saturated rings. The van der Waals surface area contributed by atoms with E-state index in [4.69, 9.17) is 4.74 Å². The topological polar surface area (TPSA) is 100 Å². The molecule has 0 aliphatic heterocycles. The Bertz CT molecular complexity index is 1590. The van der Waals surface area contributed by atoms with Crippen molar-refractivity contribution in [2.75, 3.05) is 7.11 Å². The molecule has 9 nitrogen and oxygen atoms in total. The summed E-state index contributed by atoms with van der Waals surface area (Å²) in [6, 6.07) is 10.1. The lowest BCUT2D eigenvalue weighted by atomic mass is 9.98. The second kappa shape index (κ2) is 8.87. The van der Waals surface area contributed by atoms with Crippen LogP contribution in [0.15, 0.2) is 66.0 Å². The molecule has 5 rings (SSSR count). The smallest absolute Gasteiger partial charge is 0.433 e. The third kappa shape index (κ3) is 4.28. The van der Waals surface area contributed by atoms with Crippen LogP contribution in [0.4, 0.5) is 13.2 Å². The minimum Gasteiger partial charge on any atom is -0.467 e. The van der Waals surface area contributed by atoms with Gasteiger partial charge >= 0.3 is 17.9 Å². The molecule has 0 aliphatic rings. The highest BCUT2D eigenvalue weighted by Gasteiger charge is 2.32. The van der Waals surface area contributed by atoms with Crippen LogP contribution in [0.1, 0.15) is 16.8 Å². The van der Waals surface area contributed by atoms with Crippen molar-refractivity contribution in [2.24, 2.45) is 0 Å². The predicted octanol–water partition coefficient (Wildman–Crippen LogP) is 3.79. The van der Waals surface area contributed by atoms with E-state index in [0.29, 0.717) is 22.3 Å². The number of nitrogens with zero attached hydrogens (tertiary/aromatic N) is 7. The van der Waals surface area contributed by atoms with Crippen LogP contribution in [-0.2, 0) is 12.7 Å². The maximum absolute atomic E-state index is 13.1. The Morgan fingerprint density at radius 2 is 1.64 bits per heavy atom. The van der Waals surface area contributed by atoms with Gasteiger partial charge in [0.2, 0.25) is 0 Å². The van der Waals surface area contributed by atoms with Gasteiger partial charge in [-0.05, 0) is 24.1 Å². The van der Waals surface area contributed by atoms with Gasteiger partial charge in [-0.15, -0.1) is 5.10 Å². The SMILES string of the molecule is COc1ncc(-c2c(-c3ccc(C)cc3)cnn3c(=O)n(Cc4ccc(C(F)(F)F)nc4)nc23)cn1. The van der Waals surface area contributed by atoms with Gasteiger partial charge in [-0.2, -0.15) is 22.8 Å². The number of pyridine rings is 1. The standard InChI is InChI=1S/C24H18F3N7O2/c1-14-3-6-16(7-4-14)18-12-31-34-21(20(18)17-10-29-22(36-2)30-11-17)32-33(23(34)35)13-15-5-8-19(28-9-15)24(25,26)27/h3-12H,13H2,1-2H3. The van der Waals surface area contributed by atoms with E-state index in [9.17, 15) is 18.0 Å². The van der Waals surface area contributed by atoms with Crippen molar-refractivity contribution in [3.63, 3.8) is 0 Å². The summed E-state index contributed by atoms with van der Waals surface area (Å²) < 4.78 is 45.8. The van der Waals surface area contributed by atoms with Crippen molar-refractivity contribution in [2.45, 2.75) is 19.6 Å². The van der Waals surface area contributed by atoms with Crippen LogP contribution in [-0.4, -0.2) is 41.5 Å². The number of benzene rings is 1. The zero-order valence-electron chi connectivity index (χ0n) is 19.1. The summed E-state index contributed by atoms with van der Waals surface area (Å²) in [5.74, 6) is 0. The van der Waals surface area contributed by atoms with Crippen molar-refractivity contribution in [1.29, 1.82) is 0 Å². The fourth-order valence-corrected chi connectivity index (χ4v) is 3.71. The Labute approximate surface area is 201 Å². The quantitative estimate of drug-likeness (QED) is 0.367. The number of hydrogen-bond donors (Lipinski definition) is 0. The Balaban J connectivity index is 1.65. The monoisotopic (exact) mass is 493 g/mol. The van der Waals surface area contributed by atoms with Crippen molar-refractivity contribution in [3.05, 3.63) is 88.5 Å².